The summed E-state index contributed by atoms with van der Waals surface area (Å²) in [5, 5.41) is 4.38. The number of hydrogen-bond acceptors (Lipinski definition) is 2. The third-order valence-electron chi connectivity index (χ3n) is 3.19. The molecule has 2 N–H and O–H groups in total. The predicted molar refractivity (Wildman–Crippen MR) is 76.3 cm³/mol. The van der Waals surface area contributed by atoms with E-state index in [1.165, 1.54) is 6.07 Å². The third kappa shape index (κ3) is 2.62. The first kappa shape index (κ1) is 13.6. The molecular weight excluding hydrogens is 241 g/mol. The molecule has 0 saturated carbocycles. The number of benzene rings is 1. The van der Waals surface area contributed by atoms with Gasteiger partial charge in [0.15, 0.2) is 0 Å². The van der Waals surface area contributed by atoms with Crippen molar-refractivity contribution in [2.45, 2.75) is 27.2 Å². The van der Waals surface area contributed by atoms with Crippen LogP contribution in [-0.4, -0.2) is 9.78 Å². The lowest BCUT2D eigenvalue weighted by molar-refractivity contribution is 0.626. The Hall–Kier alpha value is -1.84. The quantitative estimate of drug-likeness (QED) is 0.921. The summed E-state index contributed by atoms with van der Waals surface area (Å²) in [6.45, 7) is 6.10. The van der Waals surface area contributed by atoms with Gasteiger partial charge < -0.3 is 5.73 Å². The van der Waals surface area contributed by atoms with E-state index in [0.29, 0.717) is 23.0 Å². The smallest absolute Gasteiger partial charge is 0.132 e. The average molecular weight is 261 g/mol. The van der Waals surface area contributed by atoms with Crippen LogP contribution in [0.1, 0.15) is 25.0 Å². The van der Waals surface area contributed by atoms with E-state index in [1.807, 2.05) is 13.0 Å². The zero-order chi connectivity index (χ0) is 14.2. The first-order valence-electron chi connectivity index (χ1n) is 6.48. The molecule has 3 nitrogen and oxygen atoms in total. The zero-order valence-electron chi connectivity index (χ0n) is 11.9. The molecule has 0 saturated heterocycles. The molecule has 2 rings (SSSR count). The van der Waals surface area contributed by atoms with Crippen LogP contribution in [0.2, 0.25) is 0 Å². The van der Waals surface area contributed by atoms with Gasteiger partial charge in [0.25, 0.3) is 0 Å². The van der Waals surface area contributed by atoms with Gasteiger partial charge in [0.2, 0.25) is 0 Å². The van der Waals surface area contributed by atoms with Crippen molar-refractivity contribution in [2.24, 2.45) is 13.0 Å². The number of nitrogens with two attached hydrogens (primary N) is 1. The van der Waals surface area contributed by atoms with E-state index in [2.05, 4.69) is 18.9 Å². The molecule has 0 spiro atoms. The van der Waals surface area contributed by atoms with E-state index in [1.54, 1.807) is 17.8 Å². The average Bonchev–Trinajstić information content (AvgIpc) is 2.57. The Morgan fingerprint density at radius 1 is 1.37 bits per heavy atom. The second-order valence-electron chi connectivity index (χ2n) is 5.42. The van der Waals surface area contributed by atoms with Crippen LogP contribution in [0.15, 0.2) is 18.2 Å². The van der Waals surface area contributed by atoms with E-state index >= 15 is 0 Å². The molecule has 19 heavy (non-hydrogen) atoms. The Morgan fingerprint density at radius 2 is 2.05 bits per heavy atom. The summed E-state index contributed by atoms with van der Waals surface area (Å²) in [5.74, 6) is 0.811. The van der Waals surface area contributed by atoms with Gasteiger partial charge in [-0.25, -0.2) is 4.39 Å². The van der Waals surface area contributed by atoms with Crippen LogP contribution < -0.4 is 5.73 Å². The van der Waals surface area contributed by atoms with Gasteiger partial charge in [0.1, 0.15) is 17.3 Å². The molecule has 102 valence electrons. The first-order valence-corrected chi connectivity index (χ1v) is 6.48. The number of nitrogen functional groups attached to an aromatic ring is 1. The number of rotatable bonds is 3. The van der Waals surface area contributed by atoms with Gasteiger partial charge in [-0.05, 0) is 37.0 Å². The minimum atomic E-state index is -0.247. The summed E-state index contributed by atoms with van der Waals surface area (Å²) in [6, 6.07) is 5.19. The molecule has 2 aromatic rings. The number of halogens is 1. The van der Waals surface area contributed by atoms with Crippen molar-refractivity contribution in [1.29, 1.82) is 0 Å². The Morgan fingerprint density at radius 3 is 2.63 bits per heavy atom. The molecule has 0 fully saturated rings. The van der Waals surface area contributed by atoms with Crippen molar-refractivity contribution in [3.63, 3.8) is 0 Å². The molecule has 0 bridgehead atoms. The van der Waals surface area contributed by atoms with Crippen LogP contribution in [0.3, 0.4) is 0 Å². The molecule has 0 amide bonds. The Bertz CT molecular complexity index is 600. The summed E-state index contributed by atoms with van der Waals surface area (Å²) in [7, 11) is 1.79. The van der Waals surface area contributed by atoms with Gasteiger partial charge in [-0.3, -0.25) is 4.68 Å². The molecule has 0 unspecified atom stereocenters. The minimum Gasteiger partial charge on any atom is -0.384 e. The summed E-state index contributed by atoms with van der Waals surface area (Å²) in [6.07, 6.45) is 0.794. The van der Waals surface area contributed by atoms with E-state index < -0.39 is 0 Å². The number of aryl methyl sites for hydroxylation is 2. The topological polar surface area (TPSA) is 43.8 Å². The zero-order valence-corrected chi connectivity index (χ0v) is 11.9. The highest BCUT2D eigenvalue weighted by atomic mass is 19.1. The maximum absolute atomic E-state index is 14.1. The molecule has 1 aromatic heterocycles. The van der Waals surface area contributed by atoms with Crippen molar-refractivity contribution in [3.05, 3.63) is 35.1 Å². The lowest BCUT2D eigenvalue weighted by atomic mass is 9.98. The van der Waals surface area contributed by atoms with Crippen LogP contribution in [0, 0.1) is 18.7 Å². The predicted octanol–water partition coefficient (Wildman–Crippen LogP) is 3.32. The highest BCUT2D eigenvalue weighted by Gasteiger charge is 2.19. The maximum Gasteiger partial charge on any atom is 0.132 e. The summed E-state index contributed by atoms with van der Waals surface area (Å²) >= 11 is 0. The van der Waals surface area contributed by atoms with Crippen LogP contribution in [0.4, 0.5) is 10.2 Å². The van der Waals surface area contributed by atoms with E-state index in [0.717, 1.165) is 17.5 Å². The van der Waals surface area contributed by atoms with Crippen molar-refractivity contribution >= 4 is 5.82 Å². The highest BCUT2D eigenvalue weighted by Crippen LogP contribution is 2.30. The standard InChI is InChI=1S/C15H20FN3/c1-9(2)7-12-14(18-19(4)15(12)17)11-6-5-10(3)8-13(11)16/h5-6,8-9H,7,17H2,1-4H3. The third-order valence-corrected chi connectivity index (χ3v) is 3.19. The molecular formula is C15H20FN3. The molecule has 0 radical (unpaired) electrons. The van der Waals surface area contributed by atoms with E-state index in [-0.39, 0.29) is 5.82 Å². The Labute approximate surface area is 113 Å². The number of nitrogens with zero attached hydrogens (tertiary/aromatic N) is 2. The lowest BCUT2D eigenvalue weighted by Crippen LogP contribution is -2.02. The molecule has 0 aliphatic heterocycles. The summed E-state index contributed by atoms with van der Waals surface area (Å²) < 4.78 is 15.7. The van der Waals surface area contributed by atoms with Crippen molar-refractivity contribution < 1.29 is 4.39 Å². The SMILES string of the molecule is Cc1ccc(-c2nn(C)c(N)c2CC(C)C)c(F)c1. The highest BCUT2D eigenvalue weighted by molar-refractivity contribution is 5.69. The minimum absolute atomic E-state index is 0.247. The number of aromatic nitrogens is 2. The van der Waals surface area contributed by atoms with E-state index in [9.17, 15) is 4.39 Å². The molecule has 0 atom stereocenters. The summed E-state index contributed by atoms with van der Waals surface area (Å²) in [5.41, 5.74) is 9.06. The van der Waals surface area contributed by atoms with Crippen LogP contribution in [-0.2, 0) is 13.5 Å². The second kappa shape index (κ2) is 5.03. The van der Waals surface area contributed by atoms with Crippen LogP contribution in [0.5, 0.6) is 0 Å². The fourth-order valence-electron chi connectivity index (χ4n) is 2.22. The largest absolute Gasteiger partial charge is 0.384 e. The Kier molecular flexibility index (Phi) is 3.60. The molecule has 1 heterocycles. The fraction of sp³-hybridized carbons (Fsp3) is 0.400. The molecule has 1 aromatic carbocycles. The van der Waals surface area contributed by atoms with Crippen molar-refractivity contribution in [3.8, 4) is 11.3 Å². The normalized spacial score (nSPS) is 11.3. The van der Waals surface area contributed by atoms with Gasteiger partial charge in [0, 0.05) is 18.2 Å². The molecule has 4 heteroatoms. The lowest BCUT2D eigenvalue weighted by Gasteiger charge is -2.08. The second-order valence-corrected chi connectivity index (χ2v) is 5.42. The molecule has 0 aliphatic carbocycles. The first-order chi connectivity index (χ1) is 8.90. The van der Waals surface area contributed by atoms with Gasteiger partial charge in [-0.1, -0.05) is 19.9 Å². The van der Waals surface area contributed by atoms with Gasteiger partial charge in [-0.2, -0.15) is 5.10 Å². The van der Waals surface area contributed by atoms with Crippen LogP contribution >= 0.6 is 0 Å². The number of anilines is 1. The monoisotopic (exact) mass is 261 g/mol. The van der Waals surface area contributed by atoms with Gasteiger partial charge >= 0.3 is 0 Å². The fourth-order valence-corrected chi connectivity index (χ4v) is 2.22. The number of hydrogen-bond donors (Lipinski definition) is 1. The molecule has 0 aliphatic rings. The van der Waals surface area contributed by atoms with Gasteiger partial charge in [0.05, 0.1) is 0 Å². The van der Waals surface area contributed by atoms with Crippen LogP contribution in [0.25, 0.3) is 11.3 Å². The Balaban J connectivity index is 2.58. The van der Waals surface area contributed by atoms with Crippen molar-refractivity contribution in [2.75, 3.05) is 5.73 Å². The van der Waals surface area contributed by atoms with Crippen molar-refractivity contribution in [1.82, 2.24) is 9.78 Å². The summed E-state index contributed by atoms with van der Waals surface area (Å²) in [4.78, 5) is 0. The maximum atomic E-state index is 14.1. The van der Waals surface area contributed by atoms with E-state index in [4.69, 9.17) is 5.73 Å². The van der Waals surface area contributed by atoms with Gasteiger partial charge in [-0.15, -0.1) is 0 Å².